The maximum Gasteiger partial charge on any atom is 0.219 e. The number of benzene rings is 2. The molecule has 0 aliphatic carbocycles. The first-order valence-electron chi connectivity index (χ1n) is 7.13. The number of nitrogens with zero attached hydrogens (tertiary/aromatic N) is 3. The van der Waals surface area contributed by atoms with Crippen LogP contribution in [0.25, 0.3) is 10.8 Å². The van der Waals surface area contributed by atoms with Gasteiger partial charge in [-0.3, -0.25) is 4.79 Å². The van der Waals surface area contributed by atoms with Gasteiger partial charge in [-0.25, -0.2) is 0 Å². The van der Waals surface area contributed by atoms with Crippen LogP contribution in [0, 0.1) is 11.3 Å². The molecule has 0 atom stereocenters. The third-order valence-electron chi connectivity index (χ3n) is 4.09. The molecule has 3 rings (SSSR count). The van der Waals surface area contributed by atoms with Crippen LogP contribution in [0.2, 0.25) is 0 Å². The van der Waals surface area contributed by atoms with Gasteiger partial charge >= 0.3 is 0 Å². The van der Waals surface area contributed by atoms with E-state index in [9.17, 15) is 10.1 Å². The smallest absolute Gasteiger partial charge is 0.219 e. The van der Waals surface area contributed by atoms with Crippen molar-refractivity contribution < 1.29 is 4.79 Å². The SMILES string of the molecule is CC(=O)N1CCN(c2ccc(C#N)c3ccccc23)CC1. The number of anilines is 1. The molecule has 2 aromatic carbocycles. The van der Waals surface area contributed by atoms with Crippen molar-refractivity contribution in [1.29, 1.82) is 5.26 Å². The van der Waals surface area contributed by atoms with Crippen molar-refractivity contribution in [1.82, 2.24) is 4.90 Å². The van der Waals surface area contributed by atoms with Crippen molar-refractivity contribution in [3.63, 3.8) is 0 Å². The van der Waals surface area contributed by atoms with Crippen molar-refractivity contribution in [2.75, 3.05) is 31.1 Å². The second kappa shape index (κ2) is 5.45. The number of hydrogen-bond donors (Lipinski definition) is 0. The molecule has 1 saturated heterocycles. The van der Waals surface area contributed by atoms with Gasteiger partial charge < -0.3 is 9.80 Å². The second-order valence-corrected chi connectivity index (χ2v) is 5.28. The van der Waals surface area contributed by atoms with Gasteiger partial charge in [-0.05, 0) is 12.1 Å². The Balaban J connectivity index is 1.96. The molecule has 1 aliphatic heterocycles. The molecule has 4 heteroatoms. The summed E-state index contributed by atoms with van der Waals surface area (Å²) < 4.78 is 0. The monoisotopic (exact) mass is 279 g/mol. The van der Waals surface area contributed by atoms with Gasteiger partial charge in [0.05, 0.1) is 11.6 Å². The highest BCUT2D eigenvalue weighted by Gasteiger charge is 2.20. The molecule has 0 saturated carbocycles. The van der Waals surface area contributed by atoms with Crippen LogP contribution in [0.1, 0.15) is 12.5 Å². The Morgan fingerprint density at radius 2 is 1.71 bits per heavy atom. The van der Waals surface area contributed by atoms with E-state index in [1.54, 1.807) is 6.92 Å². The van der Waals surface area contributed by atoms with E-state index in [1.807, 2.05) is 35.2 Å². The zero-order chi connectivity index (χ0) is 14.8. The molecule has 0 spiro atoms. The van der Waals surface area contributed by atoms with E-state index in [-0.39, 0.29) is 5.91 Å². The van der Waals surface area contributed by atoms with Crippen LogP contribution in [-0.4, -0.2) is 37.0 Å². The Labute approximate surface area is 124 Å². The van der Waals surface area contributed by atoms with Crippen LogP contribution in [0.4, 0.5) is 5.69 Å². The fourth-order valence-electron chi connectivity index (χ4n) is 2.92. The summed E-state index contributed by atoms with van der Waals surface area (Å²) in [7, 11) is 0. The van der Waals surface area contributed by atoms with Crippen LogP contribution in [0.3, 0.4) is 0 Å². The third kappa shape index (κ3) is 2.43. The number of fused-ring (bicyclic) bond motifs is 1. The van der Waals surface area contributed by atoms with Crippen LogP contribution in [0.5, 0.6) is 0 Å². The minimum absolute atomic E-state index is 0.138. The van der Waals surface area contributed by atoms with E-state index in [2.05, 4.69) is 17.0 Å². The number of nitriles is 1. The maximum absolute atomic E-state index is 11.4. The quantitative estimate of drug-likeness (QED) is 0.805. The van der Waals surface area contributed by atoms with E-state index >= 15 is 0 Å². The van der Waals surface area contributed by atoms with Crippen molar-refractivity contribution in [2.24, 2.45) is 0 Å². The van der Waals surface area contributed by atoms with E-state index < -0.39 is 0 Å². The van der Waals surface area contributed by atoms with Crippen molar-refractivity contribution in [3.05, 3.63) is 42.0 Å². The molecular weight excluding hydrogens is 262 g/mol. The Morgan fingerprint density at radius 1 is 1.05 bits per heavy atom. The topological polar surface area (TPSA) is 47.3 Å². The lowest BCUT2D eigenvalue weighted by atomic mass is 10.0. The summed E-state index contributed by atoms with van der Waals surface area (Å²) in [6, 6.07) is 14.2. The highest BCUT2D eigenvalue weighted by atomic mass is 16.2. The standard InChI is InChI=1S/C17H17N3O/c1-13(21)19-8-10-20(11-9-19)17-7-6-14(12-18)15-4-2-3-5-16(15)17/h2-7H,8-11H2,1H3. The molecule has 0 N–H and O–H groups in total. The molecule has 1 amide bonds. The molecule has 1 heterocycles. The summed E-state index contributed by atoms with van der Waals surface area (Å²) in [5.41, 5.74) is 1.85. The Kier molecular flexibility index (Phi) is 3.49. The molecule has 1 fully saturated rings. The van der Waals surface area contributed by atoms with Gasteiger partial charge in [0, 0.05) is 49.6 Å². The van der Waals surface area contributed by atoms with Crippen LogP contribution in [0.15, 0.2) is 36.4 Å². The number of carbonyl (C=O) groups excluding carboxylic acids is 1. The molecule has 0 radical (unpaired) electrons. The molecule has 21 heavy (non-hydrogen) atoms. The average Bonchev–Trinajstić information content (AvgIpc) is 2.54. The van der Waals surface area contributed by atoms with Gasteiger partial charge in [0.1, 0.15) is 0 Å². The zero-order valence-corrected chi connectivity index (χ0v) is 12.0. The van der Waals surface area contributed by atoms with Gasteiger partial charge in [-0.1, -0.05) is 24.3 Å². The summed E-state index contributed by atoms with van der Waals surface area (Å²) in [5.74, 6) is 0.138. The van der Waals surface area contributed by atoms with Gasteiger partial charge in [-0.15, -0.1) is 0 Å². The number of rotatable bonds is 1. The average molecular weight is 279 g/mol. The fourth-order valence-corrected chi connectivity index (χ4v) is 2.92. The molecule has 0 unspecified atom stereocenters. The van der Waals surface area contributed by atoms with E-state index in [4.69, 9.17) is 0 Å². The van der Waals surface area contributed by atoms with Gasteiger partial charge in [0.25, 0.3) is 0 Å². The Hall–Kier alpha value is -2.54. The fraction of sp³-hybridized carbons (Fsp3) is 0.294. The van der Waals surface area contributed by atoms with Crippen molar-refractivity contribution in [2.45, 2.75) is 6.92 Å². The predicted molar refractivity (Wildman–Crippen MR) is 83.1 cm³/mol. The first-order valence-corrected chi connectivity index (χ1v) is 7.13. The first-order chi connectivity index (χ1) is 10.2. The second-order valence-electron chi connectivity index (χ2n) is 5.28. The molecule has 2 aromatic rings. The van der Waals surface area contributed by atoms with E-state index in [0.717, 1.165) is 42.6 Å². The summed E-state index contributed by atoms with van der Waals surface area (Å²) >= 11 is 0. The molecule has 0 bridgehead atoms. The summed E-state index contributed by atoms with van der Waals surface area (Å²) in [6.07, 6.45) is 0. The first kappa shape index (κ1) is 13.4. The van der Waals surface area contributed by atoms with Crippen LogP contribution in [-0.2, 0) is 4.79 Å². The summed E-state index contributed by atoms with van der Waals surface area (Å²) in [5, 5.41) is 11.3. The lowest BCUT2D eigenvalue weighted by molar-refractivity contribution is -0.129. The number of piperazine rings is 1. The molecule has 4 nitrogen and oxygen atoms in total. The highest BCUT2D eigenvalue weighted by molar-refractivity contribution is 5.97. The summed E-state index contributed by atoms with van der Waals surface area (Å²) in [4.78, 5) is 15.6. The van der Waals surface area contributed by atoms with Gasteiger partial charge in [-0.2, -0.15) is 5.26 Å². The predicted octanol–water partition coefficient (Wildman–Crippen LogP) is 2.38. The largest absolute Gasteiger partial charge is 0.367 e. The van der Waals surface area contributed by atoms with Gasteiger partial charge in [0.15, 0.2) is 0 Å². The maximum atomic E-state index is 11.4. The minimum Gasteiger partial charge on any atom is -0.367 e. The molecular formula is C17H17N3O. The van der Waals surface area contributed by atoms with Crippen LogP contribution < -0.4 is 4.90 Å². The normalized spacial score (nSPS) is 15.0. The molecule has 106 valence electrons. The van der Waals surface area contributed by atoms with Crippen molar-refractivity contribution >= 4 is 22.4 Å². The number of amides is 1. The Bertz CT molecular complexity index is 724. The van der Waals surface area contributed by atoms with E-state index in [0.29, 0.717) is 5.56 Å². The number of carbonyl (C=O) groups is 1. The molecule has 0 aromatic heterocycles. The lowest BCUT2D eigenvalue weighted by Crippen LogP contribution is -2.48. The Morgan fingerprint density at radius 3 is 2.33 bits per heavy atom. The van der Waals surface area contributed by atoms with E-state index in [1.165, 1.54) is 0 Å². The van der Waals surface area contributed by atoms with Crippen molar-refractivity contribution in [3.8, 4) is 6.07 Å². The lowest BCUT2D eigenvalue weighted by Gasteiger charge is -2.36. The zero-order valence-electron chi connectivity index (χ0n) is 12.0. The third-order valence-corrected chi connectivity index (χ3v) is 4.09. The van der Waals surface area contributed by atoms with Gasteiger partial charge in [0.2, 0.25) is 5.91 Å². The summed E-state index contributed by atoms with van der Waals surface area (Å²) in [6.45, 7) is 4.78. The molecule has 1 aliphatic rings. The minimum atomic E-state index is 0.138. The van der Waals surface area contributed by atoms with Crippen LogP contribution >= 0.6 is 0 Å². The highest BCUT2D eigenvalue weighted by Crippen LogP contribution is 2.29. The number of hydrogen-bond acceptors (Lipinski definition) is 3.